The van der Waals surface area contributed by atoms with Gasteiger partial charge in [0.15, 0.2) is 92.7 Å². The van der Waals surface area contributed by atoms with Crippen LogP contribution in [0.3, 0.4) is 0 Å². The molecular formula is C48H34O31. The summed E-state index contributed by atoms with van der Waals surface area (Å²) in [6.07, 6.45) is -13.3. The van der Waals surface area contributed by atoms with E-state index in [0.717, 1.165) is 0 Å². The molecule has 412 valence electrons. The normalized spacial score (nSPS) is 17.7. The van der Waals surface area contributed by atoms with Gasteiger partial charge < -0.3 is 125 Å². The van der Waals surface area contributed by atoms with E-state index in [0.29, 0.717) is 48.5 Å². The summed E-state index contributed by atoms with van der Waals surface area (Å²) >= 11 is 0. The Morgan fingerprint density at radius 2 is 0.873 bits per heavy atom. The highest BCUT2D eigenvalue weighted by Gasteiger charge is 2.55. The van der Waals surface area contributed by atoms with E-state index in [1.54, 1.807) is 0 Å². The summed E-state index contributed by atoms with van der Waals surface area (Å²) in [6, 6.07) is 3.96. The highest BCUT2D eigenvalue weighted by atomic mass is 16.7. The van der Waals surface area contributed by atoms with Gasteiger partial charge in [0.25, 0.3) is 0 Å². The first-order chi connectivity index (χ1) is 37.1. The van der Waals surface area contributed by atoms with E-state index in [9.17, 15) is 121 Å². The van der Waals surface area contributed by atoms with Crippen LogP contribution in [0.25, 0.3) is 11.1 Å². The van der Waals surface area contributed by atoms with Crippen molar-refractivity contribution in [3.05, 3.63) is 88.0 Å². The lowest BCUT2D eigenvalue weighted by Gasteiger charge is -2.43. The number of aromatic carboxylic acids is 1. The van der Waals surface area contributed by atoms with Crippen molar-refractivity contribution in [3.63, 3.8) is 0 Å². The van der Waals surface area contributed by atoms with E-state index in [1.807, 2.05) is 0 Å². The van der Waals surface area contributed by atoms with Gasteiger partial charge in [-0.3, -0.25) is 0 Å². The SMILES string of the molecule is O=C(O)c1cc(O)c(O)c(Oc2c(C(=O)O[C@@H]3[C@@H](OC(=O)c4cc(O)c(O)c(O)c4)O[C@H]4COC(=O)c5cc(O)c(O)c(O)c5-c5c(cc(O)c(O)c5O)C(=O)O[C@H]4[C@@H]3OC(=O)c3cc(O)c(O)c(O)c3)cc(O)c(O)c2O)c1. The molecule has 8 rings (SSSR count). The van der Waals surface area contributed by atoms with Crippen LogP contribution in [-0.4, -0.2) is 165 Å². The number of carbonyl (C=O) groups is 6. The van der Waals surface area contributed by atoms with Crippen molar-refractivity contribution in [1.82, 2.24) is 0 Å². The summed E-state index contributed by atoms with van der Waals surface area (Å²) in [7, 11) is 0. The average Bonchev–Trinajstić information content (AvgIpc) is 3.43. The molecule has 0 amide bonds. The van der Waals surface area contributed by atoms with Crippen LogP contribution < -0.4 is 4.74 Å². The van der Waals surface area contributed by atoms with Crippen molar-refractivity contribution >= 4 is 35.8 Å². The molecule has 0 spiro atoms. The van der Waals surface area contributed by atoms with Gasteiger partial charge in [0, 0.05) is 17.2 Å². The van der Waals surface area contributed by atoms with Crippen LogP contribution in [0.2, 0.25) is 0 Å². The van der Waals surface area contributed by atoms with Crippen LogP contribution in [0.15, 0.2) is 54.6 Å². The molecule has 6 aromatic carbocycles. The molecule has 5 atom stereocenters. The van der Waals surface area contributed by atoms with Crippen LogP contribution in [0.1, 0.15) is 62.1 Å². The quantitative estimate of drug-likeness (QED) is 0.0562. The van der Waals surface area contributed by atoms with Crippen LogP contribution >= 0.6 is 0 Å². The predicted molar refractivity (Wildman–Crippen MR) is 245 cm³/mol. The first-order valence-electron chi connectivity index (χ1n) is 21.6. The Balaban J connectivity index is 1.35. The third kappa shape index (κ3) is 9.63. The maximum Gasteiger partial charge on any atom is 0.342 e. The zero-order valence-corrected chi connectivity index (χ0v) is 38.6. The number of hydrogen-bond donors (Lipinski definition) is 18. The Morgan fingerprint density at radius 3 is 1.39 bits per heavy atom. The molecule has 1 saturated heterocycles. The Kier molecular flexibility index (Phi) is 13.6. The number of rotatable bonds is 9. The average molecular weight is 1110 g/mol. The van der Waals surface area contributed by atoms with Gasteiger partial charge in [-0.05, 0) is 48.5 Å². The molecule has 1 fully saturated rings. The number of cyclic esters (lactones) is 1. The molecule has 2 aliphatic rings. The van der Waals surface area contributed by atoms with Crippen molar-refractivity contribution in [1.29, 1.82) is 0 Å². The Morgan fingerprint density at radius 1 is 0.443 bits per heavy atom. The molecule has 2 aliphatic heterocycles. The minimum Gasteiger partial charge on any atom is -0.504 e. The van der Waals surface area contributed by atoms with Gasteiger partial charge in [-0.1, -0.05) is 0 Å². The molecule has 6 aromatic rings. The molecule has 79 heavy (non-hydrogen) atoms. The van der Waals surface area contributed by atoms with Crippen LogP contribution in [0.5, 0.6) is 109 Å². The Bertz CT molecular complexity index is 3580. The van der Waals surface area contributed by atoms with Crippen LogP contribution in [0.4, 0.5) is 0 Å². The largest absolute Gasteiger partial charge is 0.504 e. The number of benzene rings is 6. The zero-order chi connectivity index (χ0) is 58.0. The number of phenols is 17. The van der Waals surface area contributed by atoms with E-state index in [4.69, 9.17) is 33.2 Å². The highest BCUT2D eigenvalue weighted by Crippen LogP contribution is 2.54. The molecular weight excluding hydrogens is 1070 g/mol. The fourth-order valence-corrected chi connectivity index (χ4v) is 7.83. The van der Waals surface area contributed by atoms with Gasteiger partial charge in [0.2, 0.25) is 41.1 Å². The topological polar surface area (TPSA) is 531 Å². The summed E-state index contributed by atoms with van der Waals surface area (Å²) in [6.45, 7) is -1.38. The molecule has 31 heteroatoms. The molecule has 0 saturated carbocycles. The summed E-state index contributed by atoms with van der Waals surface area (Å²) in [5, 5.41) is 188. The monoisotopic (exact) mass is 1110 g/mol. The third-order valence-corrected chi connectivity index (χ3v) is 11.7. The lowest BCUT2D eigenvalue weighted by molar-refractivity contribution is -0.282. The Labute approximate surface area is 434 Å². The molecule has 31 nitrogen and oxygen atoms in total. The number of aromatic hydroxyl groups is 17. The first kappa shape index (κ1) is 53.8. The predicted octanol–water partition coefficient (Wildman–Crippen LogP) is 2.57. The minimum atomic E-state index is -2.83. The zero-order valence-electron chi connectivity index (χ0n) is 38.6. The van der Waals surface area contributed by atoms with E-state index in [2.05, 4.69) is 0 Å². The fourth-order valence-electron chi connectivity index (χ4n) is 7.83. The minimum absolute atomic E-state index is 0.267. The van der Waals surface area contributed by atoms with Crippen molar-refractivity contribution < 1.29 is 154 Å². The third-order valence-electron chi connectivity index (χ3n) is 11.7. The van der Waals surface area contributed by atoms with Gasteiger partial charge in [-0.2, -0.15) is 0 Å². The second-order valence-corrected chi connectivity index (χ2v) is 16.6. The number of esters is 5. The van der Waals surface area contributed by atoms with Gasteiger partial charge in [0.1, 0.15) is 18.3 Å². The number of phenolic OH excluding ortho intramolecular Hbond substituents is 17. The van der Waals surface area contributed by atoms with E-state index >= 15 is 0 Å². The number of ether oxygens (including phenoxy) is 7. The Hall–Kier alpha value is -11.5. The molecule has 0 aromatic heterocycles. The summed E-state index contributed by atoms with van der Waals surface area (Å²) in [4.78, 5) is 83.4. The van der Waals surface area contributed by atoms with Gasteiger partial charge in [0.05, 0.1) is 27.8 Å². The van der Waals surface area contributed by atoms with E-state index < -0.39 is 227 Å². The summed E-state index contributed by atoms with van der Waals surface area (Å²) < 4.78 is 39.1. The second-order valence-electron chi connectivity index (χ2n) is 16.6. The summed E-state index contributed by atoms with van der Waals surface area (Å²) in [5.41, 5.74) is -8.49. The molecule has 0 aliphatic carbocycles. The van der Waals surface area contributed by atoms with E-state index in [-0.39, 0.29) is 6.07 Å². The molecule has 18 N–H and O–H groups in total. The standard InChI is InChI=1S/C48H34O31/c49-17-2-12(3-18(50)29(17)57)43(68)77-40-39-26(10-73-45(70)14-7-22(54)32(60)35(63)27(14)28-15(46(71)76-39)8-23(55)33(61)36(28)64)75-48(79-44(69)13-4-19(51)30(58)20(52)5-13)41(40)78-47(72)16-9-24(56)34(62)37(65)38(16)74-25-6-11(42(66)67)1-21(53)31(25)59/h1-9,26,39-41,48-65H,10H2,(H,66,67)/t26-,39+,40-,41-,48+/m0/s1. The number of carbonyl (C=O) groups excluding carboxylic acids is 5. The lowest BCUT2D eigenvalue weighted by Crippen LogP contribution is -2.63. The van der Waals surface area contributed by atoms with Crippen molar-refractivity contribution in [2.75, 3.05) is 6.61 Å². The lowest BCUT2D eigenvalue weighted by atomic mass is 9.92. The van der Waals surface area contributed by atoms with Crippen molar-refractivity contribution in [2.45, 2.75) is 30.7 Å². The van der Waals surface area contributed by atoms with Crippen molar-refractivity contribution in [3.8, 4) is 120 Å². The molecule has 0 unspecified atom stereocenters. The van der Waals surface area contributed by atoms with Gasteiger partial charge in [-0.15, -0.1) is 0 Å². The second kappa shape index (κ2) is 20.0. The number of carboxylic acids is 1. The molecule has 2 heterocycles. The van der Waals surface area contributed by atoms with Gasteiger partial charge in [-0.25, -0.2) is 28.8 Å². The number of fused-ring (bicyclic) bond motifs is 4. The van der Waals surface area contributed by atoms with Crippen LogP contribution in [0, 0.1) is 0 Å². The number of hydrogen-bond acceptors (Lipinski definition) is 30. The molecule has 0 bridgehead atoms. The van der Waals surface area contributed by atoms with Crippen molar-refractivity contribution in [2.24, 2.45) is 0 Å². The fraction of sp³-hybridized carbons (Fsp3) is 0.125. The number of carboxylic acid groups (broad SMARTS) is 1. The smallest absolute Gasteiger partial charge is 0.342 e. The van der Waals surface area contributed by atoms with Gasteiger partial charge >= 0.3 is 35.8 Å². The first-order valence-corrected chi connectivity index (χ1v) is 21.6. The highest BCUT2D eigenvalue weighted by molar-refractivity contribution is 6.08. The maximum atomic E-state index is 14.7. The molecule has 0 radical (unpaired) electrons. The summed E-state index contributed by atoms with van der Waals surface area (Å²) in [5.74, 6) is -36.0. The van der Waals surface area contributed by atoms with E-state index in [1.165, 1.54) is 0 Å². The maximum absolute atomic E-state index is 14.7. The van der Waals surface area contributed by atoms with Crippen LogP contribution in [-0.2, 0) is 28.4 Å².